The summed E-state index contributed by atoms with van der Waals surface area (Å²) in [5, 5.41) is 60.0. The average molecular weight is 1270 g/mol. The first-order valence-electron chi connectivity index (χ1n) is 29.9. The van der Waals surface area contributed by atoms with Crippen molar-refractivity contribution in [3.63, 3.8) is 0 Å². The first-order valence-corrected chi connectivity index (χ1v) is 29.9. The topological polar surface area (TPSA) is 489 Å². The van der Waals surface area contributed by atoms with Gasteiger partial charge in [-0.25, -0.2) is 4.98 Å². The van der Waals surface area contributed by atoms with Gasteiger partial charge in [0.15, 0.2) is 5.96 Å². The number of nitrogens with zero attached hydrogens (tertiary/aromatic N) is 3. The smallest absolute Gasteiger partial charge is 0.300 e. The van der Waals surface area contributed by atoms with E-state index in [4.69, 9.17) is 26.5 Å². The number of nitrogens with two attached hydrogens (primary N) is 2. The van der Waals surface area contributed by atoms with Gasteiger partial charge in [0, 0.05) is 88.3 Å². The third-order valence-corrected chi connectivity index (χ3v) is 14.7. The Bertz CT molecular complexity index is 3130. The molecule has 2 aliphatic heterocycles. The highest BCUT2D eigenvalue weighted by Crippen LogP contribution is 2.22. The van der Waals surface area contributed by atoms with Gasteiger partial charge in [0.1, 0.15) is 60.1 Å². The summed E-state index contributed by atoms with van der Waals surface area (Å²) in [6, 6.07) is 1.48. The number of phenols is 1. The highest BCUT2D eigenvalue weighted by molar-refractivity contribution is 5.99. The molecule has 2 fully saturated rings. The maximum atomic E-state index is 14.6. The first-order chi connectivity index (χ1) is 43.3. The summed E-state index contributed by atoms with van der Waals surface area (Å²) in [5.41, 5.74) is 13.2. The summed E-state index contributed by atoms with van der Waals surface area (Å²) < 4.78 is 0. The van der Waals surface area contributed by atoms with Crippen LogP contribution < -0.4 is 59.3 Å². The quantitative estimate of drug-likeness (QED) is 0.0146. The van der Waals surface area contributed by atoms with E-state index in [1.165, 1.54) is 41.7 Å². The number of amides is 10. The SMILES string of the molecule is CC(=O)O.CCNC(=O)C1CCCN1C(=O)C(CCCN=C(N)N)NC(=O)C(NC(=O)C(NC(=O)C(Cc1ccc(O)cc1)NC(=O)C(CO)NC(=O)C(Cc1c[nH]c2ccccc12)NC(=O)C(Cc1cnc[nH]1)NC(=O)C1CCC(=O)N1)C(C)C)C(C)C.CO. The lowest BCUT2D eigenvalue weighted by Gasteiger charge is -2.31. The molecule has 4 aromatic rings. The van der Waals surface area contributed by atoms with E-state index < -0.39 is 126 Å². The number of aliphatic imine (C=N–C) groups is 1. The molecule has 31 nitrogen and oxygen atoms in total. The van der Waals surface area contributed by atoms with Crippen LogP contribution in [0.25, 0.3) is 10.9 Å². The molecule has 0 radical (unpaired) electrons. The van der Waals surface area contributed by atoms with Crippen LogP contribution in [-0.4, -0.2) is 199 Å². The molecule has 0 saturated carbocycles. The molecule has 19 N–H and O–H groups in total. The summed E-state index contributed by atoms with van der Waals surface area (Å²) in [6.45, 7) is 9.24. The standard InChI is InChI=1S/C57H80N16O12.C2H4O2.CH4O/c1-6-61-53(82)44-14-10-22-73(44)56(85)39(13-9-21-62-57(58)59)66-54(83)46(30(2)3)72-55(84)47(31(4)5)71-51(80)40(23-32-15-17-35(75)18-16-32)67-52(81)43(28-74)70-49(78)41(24-33-26-63-37-12-8-7-11-36(33)37)68-50(79)42(25-34-27-60-29-64-34)69-48(77)38-19-20-45(76)65-38;1-2(3)4;1-2/h7-8,11-12,15-18,26-27,29-31,38-44,46-47,63,74-75H,6,9-10,13-14,19-25,28H2,1-5H3,(H,60,64)(H,61,82)(H,65,76)(H,66,83)(H,67,81)(H,68,79)(H,69,77)(H,70,78)(H,71,80)(H,72,84)(H4,58,59,62);1H3,(H,3,4);2H,1H3. The Hall–Kier alpha value is -9.65. The van der Waals surface area contributed by atoms with Crippen molar-refractivity contribution in [3.05, 3.63) is 84.1 Å². The van der Waals surface area contributed by atoms with Crippen molar-refractivity contribution < 1.29 is 73.2 Å². The second-order valence-electron chi connectivity index (χ2n) is 22.4. The summed E-state index contributed by atoms with van der Waals surface area (Å²) in [4.78, 5) is 163. The predicted octanol–water partition coefficient (Wildman–Crippen LogP) is -2.52. The number of likely N-dealkylation sites (tertiary alicyclic amines) is 1. The zero-order valence-corrected chi connectivity index (χ0v) is 52.2. The molecule has 2 aromatic carbocycles. The van der Waals surface area contributed by atoms with Crippen LogP contribution in [0, 0.1) is 11.8 Å². The summed E-state index contributed by atoms with van der Waals surface area (Å²) >= 11 is 0. The minimum Gasteiger partial charge on any atom is -0.508 e. The number of H-pyrrole nitrogens is 2. The fourth-order valence-electron chi connectivity index (χ4n) is 10.1. The molecule has 9 atom stereocenters. The number of carbonyl (C=O) groups excluding carboxylic acids is 10. The van der Waals surface area contributed by atoms with Gasteiger partial charge in [-0.1, -0.05) is 58.0 Å². The average Bonchev–Trinajstić information content (AvgIpc) is 3.13. The van der Waals surface area contributed by atoms with Gasteiger partial charge in [0.2, 0.25) is 59.1 Å². The normalized spacial score (nSPS) is 16.5. The second-order valence-corrected chi connectivity index (χ2v) is 22.4. The predicted molar refractivity (Wildman–Crippen MR) is 332 cm³/mol. The number of hydrogen-bond donors (Lipinski definition) is 17. The van der Waals surface area contributed by atoms with Crippen molar-refractivity contribution in [1.82, 2.24) is 67.7 Å². The molecule has 4 heterocycles. The maximum absolute atomic E-state index is 14.6. The van der Waals surface area contributed by atoms with E-state index >= 15 is 0 Å². The number of para-hydroxylation sites is 1. The van der Waals surface area contributed by atoms with Crippen molar-refractivity contribution in [3.8, 4) is 5.75 Å². The fourth-order valence-corrected chi connectivity index (χ4v) is 10.1. The molecule has 0 spiro atoms. The zero-order valence-electron chi connectivity index (χ0n) is 52.2. The van der Waals surface area contributed by atoms with E-state index in [1.54, 1.807) is 59.0 Å². The minimum atomic E-state index is -1.75. The van der Waals surface area contributed by atoms with Crippen LogP contribution in [0.2, 0.25) is 0 Å². The van der Waals surface area contributed by atoms with Gasteiger partial charge < -0.3 is 94.6 Å². The number of aromatic hydroxyl groups is 1. The number of likely N-dealkylation sites (N-methyl/N-ethyl adjacent to an activating group) is 1. The summed E-state index contributed by atoms with van der Waals surface area (Å²) in [6.07, 6.45) is 5.64. The van der Waals surface area contributed by atoms with Crippen LogP contribution in [0.4, 0.5) is 0 Å². The van der Waals surface area contributed by atoms with Gasteiger partial charge in [-0.05, 0) is 80.2 Å². The van der Waals surface area contributed by atoms with E-state index in [0.717, 1.165) is 19.6 Å². The van der Waals surface area contributed by atoms with Crippen molar-refractivity contribution in [2.45, 2.75) is 154 Å². The van der Waals surface area contributed by atoms with Crippen LogP contribution in [0.1, 0.15) is 96.9 Å². The number of rotatable bonds is 30. The fraction of sp³-hybridized carbons (Fsp3) is 0.517. The van der Waals surface area contributed by atoms with Crippen LogP contribution in [-0.2, 0) is 72.0 Å². The molecule has 2 saturated heterocycles. The molecule has 6 rings (SSSR count). The molecular weight excluding hydrogens is 1180 g/mol. The number of aromatic amines is 2. The molecule has 9 unspecified atom stereocenters. The Labute approximate surface area is 526 Å². The number of guanidine groups is 1. The van der Waals surface area contributed by atoms with Gasteiger partial charge in [0.25, 0.3) is 5.97 Å². The van der Waals surface area contributed by atoms with Gasteiger partial charge in [-0.2, -0.15) is 0 Å². The maximum Gasteiger partial charge on any atom is 0.300 e. The monoisotopic (exact) mass is 1270 g/mol. The number of nitrogens with one attached hydrogen (secondary N) is 11. The number of carboxylic acids is 1. The number of aliphatic hydroxyl groups is 2. The van der Waals surface area contributed by atoms with Crippen LogP contribution in [0.5, 0.6) is 5.75 Å². The number of fused-ring (bicyclic) bond motifs is 1. The van der Waals surface area contributed by atoms with Gasteiger partial charge in [-0.3, -0.25) is 57.7 Å². The summed E-state index contributed by atoms with van der Waals surface area (Å²) in [7, 11) is 1.00. The van der Waals surface area contributed by atoms with Crippen LogP contribution in [0.15, 0.2) is 72.2 Å². The number of benzene rings is 2. The number of aliphatic hydroxyl groups excluding tert-OH is 2. The molecule has 498 valence electrons. The van der Waals surface area contributed by atoms with Crippen LogP contribution in [0.3, 0.4) is 0 Å². The van der Waals surface area contributed by atoms with E-state index in [9.17, 15) is 58.2 Å². The number of phenolic OH excluding ortho intramolecular Hbond substituents is 1. The second kappa shape index (κ2) is 36.7. The summed E-state index contributed by atoms with van der Waals surface area (Å²) in [5.74, 6) is -9.29. The molecule has 10 amide bonds. The van der Waals surface area contributed by atoms with Crippen molar-refractivity contribution in [1.29, 1.82) is 0 Å². The lowest BCUT2D eigenvalue weighted by molar-refractivity contribution is -0.142. The van der Waals surface area contributed by atoms with Gasteiger partial charge in [-0.15, -0.1) is 0 Å². The van der Waals surface area contributed by atoms with Gasteiger partial charge in [0.05, 0.1) is 12.9 Å². The minimum absolute atomic E-state index is 0.0826. The van der Waals surface area contributed by atoms with Crippen molar-refractivity contribution in [2.24, 2.45) is 28.3 Å². The number of imidazole rings is 1. The molecule has 0 aliphatic carbocycles. The lowest BCUT2D eigenvalue weighted by atomic mass is 9.98. The van der Waals surface area contributed by atoms with Crippen LogP contribution >= 0.6 is 0 Å². The number of carbonyl (C=O) groups is 11. The third-order valence-electron chi connectivity index (χ3n) is 14.7. The van der Waals surface area contributed by atoms with E-state index in [0.29, 0.717) is 41.6 Å². The highest BCUT2D eigenvalue weighted by Gasteiger charge is 2.40. The van der Waals surface area contributed by atoms with E-state index in [-0.39, 0.29) is 81.6 Å². The molecular formula is C60H88N16O15. The lowest BCUT2D eigenvalue weighted by Crippen LogP contribution is -2.62. The number of hydrogen-bond acceptors (Lipinski definition) is 16. The van der Waals surface area contributed by atoms with Crippen molar-refractivity contribution >= 4 is 81.9 Å². The Kier molecular flexibility index (Phi) is 29.8. The zero-order chi connectivity index (χ0) is 67.5. The van der Waals surface area contributed by atoms with E-state index in [2.05, 4.69) is 67.8 Å². The Morgan fingerprint density at radius 3 is 1.85 bits per heavy atom. The Morgan fingerprint density at radius 1 is 0.714 bits per heavy atom. The number of aromatic nitrogens is 3. The first kappa shape index (κ1) is 73.8. The van der Waals surface area contributed by atoms with Gasteiger partial charge >= 0.3 is 0 Å². The molecule has 2 aliphatic rings. The number of carboxylic acid groups (broad SMARTS) is 1. The molecule has 0 bridgehead atoms. The third kappa shape index (κ3) is 23.0. The van der Waals surface area contributed by atoms with Crippen molar-refractivity contribution in [2.75, 3.05) is 33.4 Å². The number of aliphatic carboxylic acids is 1. The Morgan fingerprint density at radius 2 is 1.27 bits per heavy atom. The molecule has 91 heavy (non-hydrogen) atoms. The van der Waals surface area contributed by atoms with E-state index in [1.807, 2.05) is 6.07 Å². The molecule has 2 aromatic heterocycles. The highest BCUT2D eigenvalue weighted by atomic mass is 16.4. The Balaban J connectivity index is 0.00000283. The largest absolute Gasteiger partial charge is 0.508 e. The molecule has 31 heteroatoms.